The number of allylic oxidation sites excluding steroid dienone is 7. The number of rotatable bonds is 14. The number of carbonyl (C=O) groups is 4. The van der Waals surface area contributed by atoms with Crippen molar-refractivity contribution in [3.05, 3.63) is 89.8 Å². The van der Waals surface area contributed by atoms with E-state index in [1.807, 2.05) is 60.7 Å². The molecule has 4 N–H and O–H groups in total. The summed E-state index contributed by atoms with van der Waals surface area (Å²) in [5, 5.41) is 7.30. The fourth-order valence-electron chi connectivity index (χ4n) is 9.21. The zero-order valence-electron chi connectivity index (χ0n) is 32.7. The fourth-order valence-corrected chi connectivity index (χ4v) is 10.4. The van der Waals surface area contributed by atoms with Crippen LogP contribution in [0, 0.1) is 17.8 Å². The lowest BCUT2D eigenvalue weighted by atomic mass is 9.80. The van der Waals surface area contributed by atoms with Crippen molar-refractivity contribution >= 4 is 63.0 Å². The van der Waals surface area contributed by atoms with Crippen LogP contribution in [-0.4, -0.2) is 79.1 Å². The zero-order chi connectivity index (χ0) is 39.5. The molecule has 11 nitrogen and oxygen atoms in total. The Hall–Kier alpha value is -4.81. The number of pyridine rings is 1. The lowest BCUT2D eigenvalue weighted by Crippen LogP contribution is -2.39. The first kappa shape index (κ1) is 39.0. The van der Waals surface area contributed by atoms with Crippen LogP contribution in [0.2, 0.25) is 0 Å². The average Bonchev–Trinajstić information content (AvgIpc) is 3.86. The molecule has 2 saturated heterocycles. The summed E-state index contributed by atoms with van der Waals surface area (Å²) in [6.45, 7) is 3.99. The summed E-state index contributed by atoms with van der Waals surface area (Å²) in [6.07, 6.45) is 24.0. The Balaban J connectivity index is 0.779. The van der Waals surface area contributed by atoms with Gasteiger partial charge >= 0.3 is 0 Å². The number of hydrogen-bond acceptors (Lipinski definition) is 9. The van der Waals surface area contributed by atoms with Crippen molar-refractivity contribution in [2.45, 2.75) is 95.0 Å². The van der Waals surface area contributed by atoms with Crippen molar-refractivity contribution in [3.63, 3.8) is 0 Å². The van der Waals surface area contributed by atoms with Gasteiger partial charge in [-0.05, 0) is 68.1 Å². The number of imide groups is 1. The minimum absolute atomic E-state index is 0.0545. The second kappa shape index (κ2) is 17.4. The van der Waals surface area contributed by atoms with E-state index in [-0.39, 0.29) is 59.8 Å². The number of Topliss-reactive ketones (excluding diaryl/α,β-unsaturated/α-hetero) is 1. The van der Waals surface area contributed by atoms with Gasteiger partial charge in [-0.25, -0.2) is 9.97 Å². The Morgan fingerprint density at radius 2 is 1.74 bits per heavy atom. The van der Waals surface area contributed by atoms with E-state index in [0.29, 0.717) is 24.7 Å². The van der Waals surface area contributed by atoms with Gasteiger partial charge in [-0.2, -0.15) is 0 Å². The maximum Gasteiger partial charge on any atom is 0.242 e. The number of fused-ring (bicyclic) bond motifs is 3. The van der Waals surface area contributed by atoms with Gasteiger partial charge in [-0.15, -0.1) is 11.8 Å². The molecule has 0 spiro atoms. The lowest BCUT2D eigenvalue weighted by Gasteiger charge is -2.30. The molecule has 0 radical (unpaired) electrons. The number of thioether (sulfide) groups is 1. The van der Waals surface area contributed by atoms with Crippen LogP contribution in [0.5, 0.6) is 0 Å². The molecule has 3 fully saturated rings. The third-order valence-corrected chi connectivity index (χ3v) is 13.6. The van der Waals surface area contributed by atoms with Gasteiger partial charge < -0.3 is 15.6 Å². The number of aryl methyl sites for hydroxylation is 2. The van der Waals surface area contributed by atoms with Gasteiger partial charge in [0.2, 0.25) is 17.7 Å². The first-order chi connectivity index (χ1) is 27.8. The predicted octanol–water partition coefficient (Wildman–Crippen LogP) is 6.15. The van der Waals surface area contributed by atoms with Gasteiger partial charge in [0.15, 0.2) is 11.6 Å². The highest BCUT2D eigenvalue weighted by Gasteiger charge is 2.47. The topological polar surface area (TPSA) is 152 Å². The van der Waals surface area contributed by atoms with E-state index in [1.54, 1.807) is 0 Å². The van der Waals surface area contributed by atoms with E-state index in [9.17, 15) is 19.2 Å². The van der Waals surface area contributed by atoms with Crippen LogP contribution in [0.25, 0.3) is 21.9 Å². The van der Waals surface area contributed by atoms with Gasteiger partial charge in [-0.1, -0.05) is 80.2 Å². The Morgan fingerprint density at radius 3 is 2.54 bits per heavy atom. The van der Waals surface area contributed by atoms with E-state index in [2.05, 4.69) is 39.3 Å². The van der Waals surface area contributed by atoms with Gasteiger partial charge in [0.25, 0.3) is 0 Å². The van der Waals surface area contributed by atoms with Gasteiger partial charge in [-0.3, -0.25) is 29.4 Å². The number of carbonyl (C=O) groups excluding carboxylic acids is 4. The predicted molar refractivity (Wildman–Crippen MR) is 226 cm³/mol. The summed E-state index contributed by atoms with van der Waals surface area (Å²) in [5.41, 5.74) is 11.1. The number of nitrogens with zero attached hydrogens (tertiary/aromatic N) is 4. The molecule has 8 rings (SSSR count). The third-order valence-electron chi connectivity index (χ3n) is 12.3. The molecule has 2 aliphatic heterocycles. The molecule has 5 aliphatic rings. The molecule has 1 saturated carbocycles. The number of unbranched alkanes of at least 4 members (excludes halogenated alkanes) is 2. The van der Waals surface area contributed by atoms with Crippen molar-refractivity contribution in [3.8, 4) is 0 Å². The number of nitrogen functional groups attached to an aromatic ring is 1. The maximum absolute atomic E-state index is 13.6. The van der Waals surface area contributed by atoms with Crippen molar-refractivity contribution in [2.75, 3.05) is 24.6 Å². The SMILES string of the molecule is CCCCc1nc2c(N)nc3ccccc3c2n1CCCCNC(=O)C1CCC(CN2C(=O)CC(SCC3NC4/C5=C/C=C\C=C/C=C(C=C5)/C4C3=O)C2=O)CC1. The second-order valence-electron chi connectivity index (χ2n) is 16.1. The highest BCUT2D eigenvalue weighted by molar-refractivity contribution is 8.00. The molecule has 2 bridgehead atoms. The largest absolute Gasteiger partial charge is 0.382 e. The molecule has 4 heterocycles. The monoisotopic (exact) mass is 787 g/mol. The number of imidazole rings is 1. The van der Waals surface area contributed by atoms with Crippen LogP contribution in [0.15, 0.2) is 84.0 Å². The summed E-state index contributed by atoms with van der Waals surface area (Å²) in [4.78, 5) is 64.3. The number of nitrogens with one attached hydrogen (secondary N) is 2. The van der Waals surface area contributed by atoms with Gasteiger partial charge in [0.05, 0.1) is 28.2 Å². The maximum atomic E-state index is 13.6. The third kappa shape index (κ3) is 8.16. The number of hydrogen-bond donors (Lipinski definition) is 3. The van der Waals surface area contributed by atoms with Crippen molar-refractivity contribution in [2.24, 2.45) is 17.8 Å². The van der Waals surface area contributed by atoms with Crippen LogP contribution in [0.4, 0.5) is 5.82 Å². The number of benzene rings is 1. The first-order valence-corrected chi connectivity index (χ1v) is 21.8. The molecule has 298 valence electrons. The number of ketones is 1. The highest BCUT2D eigenvalue weighted by Crippen LogP contribution is 2.38. The van der Waals surface area contributed by atoms with Gasteiger partial charge in [0, 0.05) is 55.6 Å². The molecule has 3 aromatic rings. The Bertz CT molecular complexity index is 2210. The van der Waals surface area contributed by atoms with Crippen LogP contribution in [-0.2, 0) is 32.1 Å². The Labute approximate surface area is 338 Å². The molecule has 4 atom stereocenters. The summed E-state index contributed by atoms with van der Waals surface area (Å²) < 4.78 is 2.31. The summed E-state index contributed by atoms with van der Waals surface area (Å²) in [7, 11) is 0. The van der Waals surface area contributed by atoms with Crippen LogP contribution in [0.3, 0.4) is 0 Å². The van der Waals surface area contributed by atoms with Crippen LogP contribution in [0.1, 0.15) is 70.5 Å². The minimum atomic E-state index is -0.474. The van der Waals surface area contributed by atoms with E-state index in [1.165, 1.54) is 16.7 Å². The molecular formula is C45H53N7O4S. The number of anilines is 1. The van der Waals surface area contributed by atoms with Crippen LogP contribution < -0.4 is 16.4 Å². The summed E-state index contributed by atoms with van der Waals surface area (Å²) >= 11 is 1.42. The molecule has 3 amide bonds. The van der Waals surface area contributed by atoms with Crippen molar-refractivity contribution < 1.29 is 19.2 Å². The standard InChI is InChI=1S/C45H53N7O4S/c1-2-3-16-36-50-40-41(32-14-8-9-15-33(32)49-43(40)46)51(36)24-11-10-23-47-44(55)31-19-17-28(18-20-31)26-52-37(53)25-35(45(52)56)57-27-34-42(54)38-29-12-6-4-5-7-13-30(22-21-29)39(38)48-34/h4-9,12-15,21-22,28,31,34-35,38-39,48H,2-3,10-11,16-20,23-27H2,1H3,(H2,46,49)(H,47,55)/b5-4?,6-4-,7-5-,12-6?,13-7?,29-12+,30-13+. The van der Waals surface area contributed by atoms with Crippen LogP contribution >= 0.6 is 11.8 Å². The van der Waals surface area contributed by atoms with E-state index in [4.69, 9.17) is 10.7 Å². The number of para-hydroxylation sites is 1. The quantitative estimate of drug-likeness (QED) is 0.129. The van der Waals surface area contributed by atoms with E-state index >= 15 is 0 Å². The van der Waals surface area contributed by atoms with Crippen molar-refractivity contribution in [1.82, 2.24) is 30.1 Å². The summed E-state index contributed by atoms with van der Waals surface area (Å²) in [6, 6.07) is 7.58. The smallest absolute Gasteiger partial charge is 0.242 e. The molecule has 1 aromatic carbocycles. The number of amides is 3. The minimum Gasteiger partial charge on any atom is -0.382 e. The molecule has 4 unspecified atom stereocenters. The van der Waals surface area contributed by atoms with Gasteiger partial charge in [0.1, 0.15) is 11.3 Å². The fraction of sp³-hybridized carbons (Fsp3) is 0.467. The zero-order valence-corrected chi connectivity index (χ0v) is 33.5. The second-order valence-corrected chi connectivity index (χ2v) is 17.3. The molecule has 57 heavy (non-hydrogen) atoms. The summed E-state index contributed by atoms with van der Waals surface area (Å²) in [5.74, 6) is 1.77. The van der Waals surface area contributed by atoms with E-state index in [0.717, 1.165) is 103 Å². The number of likely N-dealkylation sites (tertiary alicyclic amines) is 1. The molecular weight excluding hydrogens is 735 g/mol. The normalized spacial score (nSPS) is 28.7. The number of aromatic nitrogens is 3. The molecule has 2 aromatic heterocycles. The highest BCUT2D eigenvalue weighted by atomic mass is 32.2. The molecule has 12 heteroatoms. The molecule has 3 aliphatic carbocycles. The van der Waals surface area contributed by atoms with E-state index < -0.39 is 5.25 Å². The first-order valence-electron chi connectivity index (χ1n) is 20.8. The van der Waals surface area contributed by atoms with Crippen molar-refractivity contribution in [1.29, 1.82) is 0 Å². The average molecular weight is 788 g/mol. The Morgan fingerprint density at radius 1 is 0.965 bits per heavy atom. The lowest BCUT2D eigenvalue weighted by molar-refractivity contribution is -0.139. The Kier molecular flexibility index (Phi) is 11.9. The number of nitrogens with two attached hydrogens (primary N) is 1.